The van der Waals surface area contributed by atoms with Crippen LogP contribution < -0.4 is 5.32 Å². The number of carbonyl (C=O) groups excluding carboxylic acids is 1. The van der Waals surface area contributed by atoms with Gasteiger partial charge in [0.25, 0.3) is 0 Å². The standard InChI is InChI=1S/C15H28N2O4S/c1-11(22-5)6-7-16-15(8-12(18)19)9-17(10-15)13(20)21-14(2,3)4/h11,16H,6-10H2,1-5H3,(H,18,19). The van der Waals surface area contributed by atoms with Crippen molar-refractivity contribution in [1.82, 2.24) is 10.2 Å². The molecular formula is C15H28N2O4S. The highest BCUT2D eigenvalue weighted by Gasteiger charge is 2.47. The number of amides is 1. The second-order valence-electron chi connectivity index (χ2n) is 6.95. The van der Waals surface area contributed by atoms with Crippen LogP contribution in [0, 0.1) is 0 Å². The Morgan fingerprint density at radius 3 is 2.45 bits per heavy atom. The second kappa shape index (κ2) is 7.55. The highest BCUT2D eigenvalue weighted by Crippen LogP contribution is 2.27. The number of aliphatic carboxylic acids is 1. The zero-order valence-corrected chi connectivity index (χ0v) is 15.0. The van der Waals surface area contributed by atoms with Crippen LogP contribution in [0.2, 0.25) is 0 Å². The van der Waals surface area contributed by atoms with Crippen molar-refractivity contribution in [3.63, 3.8) is 0 Å². The van der Waals surface area contributed by atoms with Crippen molar-refractivity contribution in [3.8, 4) is 0 Å². The topological polar surface area (TPSA) is 78.9 Å². The van der Waals surface area contributed by atoms with Crippen LogP contribution in [0.1, 0.15) is 40.5 Å². The van der Waals surface area contributed by atoms with E-state index in [1.807, 2.05) is 20.8 Å². The SMILES string of the molecule is CSC(C)CCNC1(CC(=O)O)CN(C(=O)OC(C)(C)C)C1. The molecule has 1 aliphatic heterocycles. The molecule has 1 fully saturated rings. The van der Waals surface area contributed by atoms with Crippen LogP contribution in [0.15, 0.2) is 0 Å². The first-order valence-electron chi connectivity index (χ1n) is 7.54. The molecule has 1 atom stereocenters. The average molecular weight is 332 g/mol. The molecule has 0 radical (unpaired) electrons. The fraction of sp³-hybridized carbons (Fsp3) is 0.867. The van der Waals surface area contributed by atoms with Gasteiger partial charge in [-0.2, -0.15) is 11.8 Å². The Kier molecular flexibility index (Phi) is 6.55. The van der Waals surface area contributed by atoms with Crippen LogP contribution >= 0.6 is 11.8 Å². The number of nitrogens with one attached hydrogen (secondary N) is 1. The van der Waals surface area contributed by atoms with Crippen molar-refractivity contribution in [2.75, 3.05) is 25.9 Å². The molecule has 0 spiro atoms. The van der Waals surface area contributed by atoms with E-state index < -0.39 is 17.1 Å². The molecule has 6 nitrogen and oxygen atoms in total. The number of hydrogen-bond acceptors (Lipinski definition) is 5. The van der Waals surface area contributed by atoms with E-state index in [-0.39, 0.29) is 12.5 Å². The molecule has 2 N–H and O–H groups in total. The Hall–Kier alpha value is -0.950. The molecule has 0 aromatic heterocycles. The van der Waals surface area contributed by atoms with Crippen LogP contribution in [-0.4, -0.2) is 64.3 Å². The molecule has 7 heteroatoms. The summed E-state index contributed by atoms with van der Waals surface area (Å²) in [5.74, 6) is -0.853. The summed E-state index contributed by atoms with van der Waals surface area (Å²) in [5, 5.41) is 13.0. The van der Waals surface area contributed by atoms with E-state index in [2.05, 4.69) is 18.5 Å². The van der Waals surface area contributed by atoms with Crippen LogP contribution in [0.3, 0.4) is 0 Å². The summed E-state index contributed by atoms with van der Waals surface area (Å²) in [7, 11) is 0. The zero-order valence-electron chi connectivity index (χ0n) is 14.1. The van der Waals surface area contributed by atoms with E-state index in [0.29, 0.717) is 18.3 Å². The molecule has 1 unspecified atom stereocenters. The third-order valence-electron chi connectivity index (χ3n) is 3.58. The number of carboxylic acids is 1. The minimum absolute atomic E-state index is 0.0138. The van der Waals surface area contributed by atoms with E-state index in [1.165, 1.54) is 0 Å². The zero-order chi connectivity index (χ0) is 17.0. The summed E-state index contributed by atoms with van der Waals surface area (Å²) in [6, 6.07) is 0. The number of rotatable bonds is 7. The second-order valence-corrected chi connectivity index (χ2v) is 8.23. The molecule has 0 aromatic rings. The quantitative estimate of drug-likeness (QED) is 0.744. The predicted molar refractivity (Wildman–Crippen MR) is 88.4 cm³/mol. The van der Waals surface area contributed by atoms with E-state index in [0.717, 1.165) is 13.0 Å². The average Bonchev–Trinajstić information content (AvgIpc) is 2.31. The molecule has 0 aliphatic carbocycles. The summed E-state index contributed by atoms with van der Waals surface area (Å²) in [4.78, 5) is 24.6. The molecule has 1 aliphatic rings. The van der Waals surface area contributed by atoms with Gasteiger partial charge in [-0.3, -0.25) is 4.79 Å². The van der Waals surface area contributed by atoms with Crippen molar-refractivity contribution in [2.45, 2.75) is 56.9 Å². The molecule has 1 heterocycles. The molecule has 128 valence electrons. The van der Waals surface area contributed by atoms with Gasteiger partial charge in [-0.25, -0.2) is 4.79 Å². The van der Waals surface area contributed by atoms with Gasteiger partial charge < -0.3 is 20.1 Å². The van der Waals surface area contributed by atoms with E-state index >= 15 is 0 Å². The summed E-state index contributed by atoms with van der Waals surface area (Å²) in [6.45, 7) is 9.09. The lowest BCUT2D eigenvalue weighted by Gasteiger charge is -2.50. The van der Waals surface area contributed by atoms with E-state index in [1.54, 1.807) is 16.7 Å². The van der Waals surface area contributed by atoms with Gasteiger partial charge >= 0.3 is 12.1 Å². The summed E-state index contributed by atoms with van der Waals surface area (Å²) < 4.78 is 5.31. The first-order valence-corrected chi connectivity index (χ1v) is 8.83. The fourth-order valence-electron chi connectivity index (χ4n) is 2.37. The number of nitrogens with zero attached hydrogens (tertiary/aromatic N) is 1. The largest absolute Gasteiger partial charge is 0.481 e. The van der Waals surface area contributed by atoms with Gasteiger partial charge in [-0.1, -0.05) is 6.92 Å². The number of ether oxygens (including phenoxy) is 1. The lowest BCUT2D eigenvalue weighted by atomic mass is 9.86. The van der Waals surface area contributed by atoms with Gasteiger partial charge in [0.05, 0.1) is 12.0 Å². The van der Waals surface area contributed by atoms with Crippen molar-refractivity contribution in [1.29, 1.82) is 0 Å². The van der Waals surface area contributed by atoms with Crippen LogP contribution in [0.4, 0.5) is 4.79 Å². The van der Waals surface area contributed by atoms with Crippen LogP contribution in [0.5, 0.6) is 0 Å². The third-order valence-corrected chi connectivity index (χ3v) is 4.62. The van der Waals surface area contributed by atoms with Gasteiger partial charge in [0.2, 0.25) is 0 Å². The Bertz CT molecular complexity index is 403. The van der Waals surface area contributed by atoms with Crippen molar-refractivity contribution in [3.05, 3.63) is 0 Å². The molecule has 0 saturated carbocycles. The maximum Gasteiger partial charge on any atom is 0.410 e. The lowest BCUT2D eigenvalue weighted by molar-refractivity contribution is -0.141. The number of hydrogen-bond donors (Lipinski definition) is 2. The minimum atomic E-state index is -0.853. The first kappa shape index (κ1) is 19.1. The van der Waals surface area contributed by atoms with E-state index in [4.69, 9.17) is 9.84 Å². The van der Waals surface area contributed by atoms with Gasteiger partial charge in [-0.05, 0) is 40.0 Å². The van der Waals surface area contributed by atoms with Gasteiger partial charge in [0.15, 0.2) is 0 Å². The maximum absolute atomic E-state index is 12.0. The van der Waals surface area contributed by atoms with Gasteiger partial charge in [0.1, 0.15) is 5.60 Å². The van der Waals surface area contributed by atoms with Crippen LogP contribution in [-0.2, 0) is 9.53 Å². The smallest absolute Gasteiger partial charge is 0.410 e. The monoisotopic (exact) mass is 332 g/mol. The summed E-state index contributed by atoms with van der Waals surface area (Å²) in [6.07, 6.45) is 2.66. The lowest BCUT2D eigenvalue weighted by Crippen LogP contribution is -2.71. The van der Waals surface area contributed by atoms with Crippen molar-refractivity contribution in [2.24, 2.45) is 0 Å². The molecule has 1 rings (SSSR count). The van der Waals surface area contributed by atoms with Crippen molar-refractivity contribution < 1.29 is 19.4 Å². The minimum Gasteiger partial charge on any atom is -0.481 e. The van der Waals surface area contributed by atoms with Gasteiger partial charge in [-0.15, -0.1) is 0 Å². The molecule has 0 bridgehead atoms. The highest BCUT2D eigenvalue weighted by atomic mass is 32.2. The summed E-state index contributed by atoms with van der Waals surface area (Å²) in [5.41, 5.74) is -1.07. The molecule has 0 aromatic carbocycles. The normalized spacial score (nSPS) is 18.5. The first-order chi connectivity index (χ1) is 10.1. The Balaban J connectivity index is 2.52. The van der Waals surface area contributed by atoms with E-state index in [9.17, 15) is 9.59 Å². The molecule has 22 heavy (non-hydrogen) atoms. The number of likely N-dealkylation sites (tertiary alicyclic amines) is 1. The predicted octanol–water partition coefficient (Wildman–Crippen LogP) is 2.18. The Morgan fingerprint density at radius 1 is 1.41 bits per heavy atom. The number of thioether (sulfide) groups is 1. The molecule has 1 amide bonds. The number of carboxylic acid groups (broad SMARTS) is 1. The maximum atomic E-state index is 12.0. The summed E-state index contributed by atoms with van der Waals surface area (Å²) >= 11 is 1.79. The molecular weight excluding hydrogens is 304 g/mol. The Morgan fingerprint density at radius 2 is 2.00 bits per heavy atom. The third kappa shape index (κ3) is 6.04. The van der Waals surface area contributed by atoms with Gasteiger partial charge in [0, 0.05) is 18.3 Å². The fourth-order valence-corrected chi connectivity index (χ4v) is 2.73. The Labute approximate surface area is 137 Å². The molecule has 1 saturated heterocycles. The number of carbonyl (C=O) groups is 2. The van der Waals surface area contributed by atoms with Crippen LogP contribution in [0.25, 0.3) is 0 Å². The highest BCUT2D eigenvalue weighted by molar-refractivity contribution is 7.99. The van der Waals surface area contributed by atoms with Crippen molar-refractivity contribution >= 4 is 23.8 Å².